The molecular weight excluding hydrogens is 210 g/mol. The Bertz CT molecular complexity index is 329. The average Bonchev–Trinajstić information content (AvgIpc) is 2.22. The van der Waals surface area contributed by atoms with Gasteiger partial charge in [-0.25, -0.2) is 0 Å². The normalized spacial score (nSPS) is 10.6. The Hall–Kier alpha value is -2.03. The van der Waals surface area contributed by atoms with Crippen LogP contribution in [0.3, 0.4) is 0 Å². The Morgan fingerprint density at radius 3 is 2.56 bits per heavy atom. The van der Waals surface area contributed by atoms with Gasteiger partial charge in [-0.2, -0.15) is 5.26 Å². The molecular formula is C10H15N3O3. The third-order valence-electron chi connectivity index (χ3n) is 1.51. The first kappa shape index (κ1) is 14.0. The van der Waals surface area contributed by atoms with E-state index in [1.54, 1.807) is 19.9 Å². The summed E-state index contributed by atoms with van der Waals surface area (Å²) in [6, 6.07) is 1.68. The molecule has 0 saturated heterocycles. The van der Waals surface area contributed by atoms with Crippen LogP contribution >= 0.6 is 0 Å². The van der Waals surface area contributed by atoms with Crippen LogP contribution in [0.15, 0.2) is 11.8 Å². The number of nitrogens with one attached hydrogen (secondary N) is 2. The second-order valence-corrected chi connectivity index (χ2v) is 3.26. The van der Waals surface area contributed by atoms with Crippen LogP contribution in [0.1, 0.15) is 13.8 Å². The van der Waals surface area contributed by atoms with Crippen LogP contribution in [0, 0.1) is 11.3 Å². The largest absolute Gasteiger partial charge is 0.468 e. The number of nitriles is 1. The van der Waals surface area contributed by atoms with Gasteiger partial charge in [-0.15, -0.1) is 0 Å². The minimum absolute atomic E-state index is 0.0511. The first-order valence-corrected chi connectivity index (χ1v) is 4.72. The molecule has 0 fully saturated rings. The number of hydrogen-bond donors (Lipinski definition) is 2. The summed E-state index contributed by atoms with van der Waals surface area (Å²) in [6.45, 7) is 3.49. The number of amides is 1. The second-order valence-electron chi connectivity index (χ2n) is 3.26. The summed E-state index contributed by atoms with van der Waals surface area (Å²) in [5, 5.41) is 13.8. The molecule has 0 bridgehead atoms. The lowest BCUT2D eigenvalue weighted by atomic mass is 10.2. The van der Waals surface area contributed by atoms with Crippen molar-refractivity contribution in [3.05, 3.63) is 11.8 Å². The molecule has 0 aromatic heterocycles. The Labute approximate surface area is 94.3 Å². The maximum atomic E-state index is 11.4. The lowest BCUT2D eigenvalue weighted by molar-refractivity contribution is -0.139. The number of ether oxygens (including phenoxy) is 1. The van der Waals surface area contributed by atoms with Gasteiger partial charge in [-0.05, 0) is 13.8 Å². The predicted molar refractivity (Wildman–Crippen MR) is 57.0 cm³/mol. The van der Waals surface area contributed by atoms with Crippen LogP contribution < -0.4 is 10.6 Å². The average molecular weight is 225 g/mol. The van der Waals surface area contributed by atoms with Gasteiger partial charge in [-0.3, -0.25) is 9.59 Å². The molecule has 16 heavy (non-hydrogen) atoms. The Morgan fingerprint density at radius 1 is 1.50 bits per heavy atom. The number of esters is 1. The molecule has 0 aliphatic heterocycles. The molecule has 0 aliphatic rings. The van der Waals surface area contributed by atoms with E-state index in [4.69, 9.17) is 5.26 Å². The molecule has 88 valence electrons. The van der Waals surface area contributed by atoms with Crippen molar-refractivity contribution >= 4 is 11.9 Å². The molecule has 0 aromatic carbocycles. The quantitative estimate of drug-likeness (QED) is 0.380. The molecule has 0 saturated carbocycles. The lowest BCUT2D eigenvalue weighted by Crippen LogP contribution is -2.32. The Kier molecular flexibility index (Phi) is 6.36. The van der Waals surface area contributed by atoms with E-state index in [1.165, 1.54) is 13.3 Å². The van der Waals surface area contributed by atoms with Crippen molar-refractivity contribution in [1.29, 1.82) is 5.26 Å². The Morgan fingerprint density at radius 2 is 2.12 bits per heavy atom. The van der Waals surface area contributed by atoms with Gasteiger partial charge in [0.25, 0.3) is 5.91 Å². The fourth-order valence-electron chi connectivity index (χ4n) is 0.797. The maximum Gasteiger partial charge on any atom is 0.325 e. The zero-order valence-corrected chi connectivity index (χ0v) is 9.53. The lowest BCUT2D eigenvalue weighted by Gasteiger charge is -2.07. The van der Waals surface area contributed by atoms with Crippen molar-refractivity contribution in [2.45, 2.75) is 19.9 Å². The molecule has 0 radical (unpaired) electrons. The monoisotopic (exact) mass is 225 g/mol. The van der Waals surface area contributed by atoms with Crippen molar-refractivity contribution in [3.63, 3.8) is 0 Å². The molecule has 0 unspecified atom stereocenters. The highest BCUT2D eigenvalue weighted by atomic mass is 16.5. The topological polar surface area (TPSA) is 91.2 Å². The van der Waals surface area contributed by atoms with Crippen molar-refractivity contribution in [2.75, 3.05) is 13.7 Å². The van der Waals surface area contributed by atoms with Crippen molar-refractivity contribution in [3.8, 4) is 6.07 Å². The number of nitrogens with zero attached hydrogens (tertiary/aromatic N) is 1. The third kappa shape index (κ3) is 5.65. The van der Waals surface area contributed by atoms with Crippen LogP contribution in [0.25, 0.3) is 0 Å². The first-order chi connectivity index (χ1) is 7.51. The third-order valence-corrected chi connectivity index (χ3v) is 1.51. The number of methoxy groups -OCH3 is 1. The molecule has 6 nitrogen and oxygen atoms in total. The number of hydrogen-bond acceptors (Lipinski definition) is 5. The smallest absolute Gasteiger partial charge is 0.325 e. The van der Waals surface area contributed by atoms with Crippen LogP contribution in [0.2, 0.25) is 0 Å². The van der Waals surface area contributed by atoms with Gasteiger partial charge in [0.2, 0.25) is 0 Å². The maximum absolute atomic E-state index is 11.4. The Balaban J connectivity index is 4.28. The first-order valence-electron chi connectivity index (χ1n) is 4.72. The fraction of sp³-hybridized carbons (Fsp3) is 0.500. The van der Waals surface area contributed by atoms with Gasteiger partial charge in [-0.1, -0.05) is 0 Å². The highest BCUT2D eigenvalue weighted by Gasteiger charge is 2.09. The molecule has 0 rings (SSSR count). The zero-order chi connectivity index (χ0) is 12.6. The SMILES string of the molecule is COC(=O)CN/C=C(/C#N)C(=O)NC(C)C. The van der Waals surface area contributed by atoms with E-state index in [1.807, 2.05) is 0 Å². The van der Waals surface area contributed by atoms with E-state index >= 15 is 0 Å². The van der Waals surface area contributed by atoms with Gasteiger partial charge < -0.3 is 15.4 Å². The molecule has 2 N–H and O–H groups in total. The van der Waals surface area contributed by atoms with Crippen molar-refractivity contribution < 1.29 is 14.3 Å². The molecule has 0 spiro atoms. The highest BCUT2D eigenvalue weighted by molar-refractivity contribution is 5.97. The summed E-state index contributed by atoms with van der Waals surface area (Å²) in [4.78, 5) is 22.1. The molecule has 0 aliphatic carbocycles. The van der Waals surface area contributed by atoms with Gasteiger partial charge in [0.05, 0.1) is 7.11 Å². The van der Waals surface area contributed by atoms with Crippen LogP contribution in [-0.2, 0) is 14.3 Å². The van der Waals surface area contributed by atoms with Crippen molar-refractivity contribution in [1.82, 2.24) is 10.6 Å². The van der Waals surface area contributed by atoms with E-state index < -0.39 is 11.9 Å². The predicted octanol–water partition coefficient (Wildman–Crippen LogP) is -0.319. The van der Waals surface area contributed by atoms with Crippen LogP contribution in [-0.4, -0.2) is 31.6 Å². The molecule has 0 heterocycles. The summed E-state index contributed by atoms with van der Waals surface area (Å²) in [6.07, 6.45) is 1.19. The number of carbonyl (C=O) groups excluding carboxylic acids is 2. The van der Waals surface area contributed by atoms with Gasteiger partial charge in [0.15, 0.2) is 0 Å². The standard InChI is InChI=1S/C10H15N3O3/c1-7(2)13-10(15)8(4-11)5-12-6-9(14)16-3/h5,7,12H,6H2,1-3H3,(H,13,15)/b8-5-. The van der Waals surface area contributed by atoms with Gasteiger partial charge in [0, 0.05) is 12.2 Å². The molecule has 0 aromatic rings. The summed E-state index contributed by atoms with van der Waals surface area (Å²) >= 11 is 0. The molecule has 0 atom stereocenters. The summed E-state index contributed by atoms with van der Waals surface area (Å²) < 4.78 is 4.38. The second kappa shape index (κ2) is 7.29. The van der Waals surface area contributed by atoms with E-state index in [-0.39, 0.29) is 18.2 Å². The van der Waals surface area contributed by atoms with Crippen LogP contribution in [0.5, 0.6) is 0 Å². The summed E-state index contributed by atoms with van der Waals surface area (Å²) in [5.41, 5.74) is -0.0856. The minimum Gasteiger partial charge on any atom is -0.468 e. The minimum atomic E-state index is -0.477. The number of rotatable bonds is 5. The number of carbonyl (C=O) groups is 2. The van der Waals surface area contributed by atoms with Crippen LogP contribution in [0.4, 0.5) is 0 Å². The fourth-order valence-corrected chi connectivity index (χ4v) is 0.797. The van der Waals surface area contributed by atoms with Gasteiger partial charge >= 0.3 is 5.97 Å². The van der Waals surface area contributed by atoms with E-state index in [2.05, 4.69) is 15.4 Å². The highest BCUT2D eigenvalue weighted by Crippen LogP contribution is 1.91. The van der Waals surface area contributed by atoms with Crippen molar-refractivity contribution in [2.24, 2.45) is 0 Å². The van der Waals surface area contributed by atoms with E-state index in [0.717, 1.165) is 0 Å². The van der Waals surface area contributed by atoms with E-state index in [9.17, 15) is 9.59 Å². The zero-order valence-electron chi connectivity index (χ0n) is 9.53. The molecule has 1 amide bonds. The summed E-state index contributed by atoms with van der Waals surface area (Å²) in [7, 11) is 1.25. The van der Waals surface area contributed by atoms with Gasteiger partial charge in [0.1, 0.15) is 18.2 Å². The summed E-state index contributed by atoms with van der Waals surface area (Å²) in [5.74, 6) is -0.951. The molecule has 6 heteroatoms. The van der Waals surface area contributed by atoms with E-state index in [0.29, 0.717) is 0 Å².